The third-order valence-corrected chi connectivity index (χ3v) is 6.94. The zero-order chi connectivity index (χ0) is 28.1. The summed E-state index contributed by atoms with van der Waals surface area (Å²) in [6.07, 6.45) is 5.86. The Hall–Kier alpha value is -4.85. The molecule has 40 heavy (non-hydrogen) atoms. The first-order chi connectivity index (χ1) is 19.4. The number of carbonyl (C=O) groups excluding carboxylic acids is 2. The lowest BCUT2D eigenvalue weighted by molar-refractivity contribution is -0.139. The van der Waals surface area contributed by atoms with Crippen LogP contribution < -0.4 is 9.47 Å². The normalized spacial score (nSPS) is 16.4. The number of aliphatic hydroxyl groups is 1. The molecule has 2 heterocycles. The lowest BCUT2D eigenvalue weighted by Crippen LogP contribution is -2.31. The molecule has 1 aliphatic rings. The van der Waals surface area contributed by atoms with E-state index in [-0.39, 0.29) is 11.3 Å². The van der Waals surface area contributed by atoms with Crippen LogP contribution in [0.3, 0.4) is 0 Å². The van der Waals surface area contributed by atoms with E-state index in [1.54, 1.807) is 62.1 Å². The number of methoxy groups -OCH3 is 1. The summed E-state index contributed by atoms with van der Waals surface area (Å²) >= 11 is 0. The molecule has 1 aromatic heterocycles. The molecule has 8 nitrogen and oxygen atoms in total. The first kappa shape index (κ1) is 26.7. The van der Waals surface area contributed by atoms with Crippen LogP contribution in [0, 0.1) is 6.92 Å². The SMILES string of the molecule is COc1cccc([C@@H]2/C(=C(\O)c3ccc(OCc4cccc(C)c4)cc3)C(=O)C(=O)N2CCCn2ccnc2)c1. The molecule has 0 spiro atoms. The van der Waals surface area contributed by atoms with Crippen LogP contribution in [0.2, 0.25) is 0 Å². The van der Waals surface area contributed by atoms with Crippen molar-refractivity contribution in [2.45, 2.75) is 32.5 Å². The predicted octanol–water partition coefficient (Wildman–Crippen LogP) is 5.29. The van der Waals surface area contributed by atoms with Gasteiger partial charge in [0.2, 0.25) is 0 Å². The summed E-state index contributed by atoms with van der Waals surface area (Å²) in [5, 5.41) is 11.4. The molecule has 1 aliphatic heterocycles. The molecule has 1 N–H and O–H groups in total. The Bertz CT molecular complexity index is 1530. The Balaban J connectivity index is 1.42. The van der Waals surface area contributed by atoms with Gasteiger partial charge in [0.15, 0.2) is 0 Å². The van der Waals surface area contributed by atoms with E-state index in [9.17, 15) is 14.7 Å². The highest BCUT2D eigenvalue weighted by Crippen LogP contribution is 2.40. The van der Waals surface area contributed by atoms with Gasteiger partial charge in [-0.2, -0.15) is 0 Å². The summed E-state index contributed by atoms with van der Waals surface area (Å²) in [5.41, 5.74) is 3.37. The monoisotopic (exact) mass is 537 g/mol. The van der Waals surface area contributed by atoms with Crippen molar-refractivity contribution < 1.29 is 24.2 Å². The third kappa shape index (κ3) is 5.76. The standard InChI is InChI=1S/C32H31N3O5/c1-22-6-3-7-23(18-22)20-40-26-12-10-24(11-13-26)30(36)28-29(25-8-4-9-27(19-25)39-2)35(32(38)31(28)37)16-5-15-34-17-14-33-21-34/h3-4,6-14,17-19,21,29,36H,5,15-16,20H2,1-2H3/b30-28+/t29-/m1/s1. The lowest BCUT2D eigenvalue weighted by atomic mass is 9.95. The number of aromatic nitrogens is 2. The Morgan fingerprint density at radius 1 is 0.975 bits per heavy atom. The van der Waals surface area contributed by atoms with Gasteiger partial charge in [0, 0.05) is 31.0 Å². The lowest BCUT2D eigenvalue weighted by Gasteiger charge is -2.25. The average molecular weight is 538 g/mol. The molecule has 1 fully saturated rings. The molecule has 1 saturated heterocycles. The number of imidazole rings is 1. The molecule has 1 amide bonds. The number of aryl methyl sites for hydroxylation is 2. The van der Waals surface area contributed by atoms with Crippen molar-refractivity contribution in [2.75, 3.05) is 13.7 Å². The minimum Gasteiger partial charge on any atom is -0.507 e. The number of amides is 1. The fraction of sp³-hybridized carbons (Fsp3) is 0.219. The largest absolute Gasteiger partial charge is 0.507 e. The number of nitrogens with zero attached hydrogens (tertiary/aromatic N) is 3. The van der Waals surface area contributed by atoms with E-state index < -0.39 is 17.7 Å². The summed E-state index contributed by atoms with van der Waals surface area (Å²) in [4.78, 5) is 32.2. The fourth-order valence-corrected chi connectivity index (χ4v) is 4.94. The van der Waals surface area contributed by atoms with Crippen molar-refractivity contribution in [1.29, 1.82) is 0 Å². The van der Waals surface area contributed by atoms with Crippen molar-refractivity contribution in [1.82, 2.24) is 14.5 Å². The second kappa shape index (κ2) is 11.9. The predicted molar refractivity (Wildman–Crippen MR) is 151 cm³/mol. The number of Topliss-reactive ketones (excluding diaryl/α,β-unsaturated/α-hetero) is 1. The van der Waals surface area contributed by atoms with Crippen LogP contribution in [-0.4, -0.2) is 44.9 Å². The van der Waals surface area contributed by atoms with Gasteiger partial charge < -0.3 is 24.0 Å². The number of benzene rings is 3. The summed E-state index contributed by atoms with van der Waals surface area (Å²) in [7, 11) is 1.56. The van der Waals surface area contributed by atoms with Gasteiger partial charge >= 0.3 is 0 Å². The van der Waals surface area contributed by atoms with Gasteiger partial charge in [-0.05, 0) is 60.9 Å². The van der Waals surface area contributed by atoms with Crippen LogP contribution in [0.4, 0.5) is 0 Å². The minimum atomic E-state index is -0.755. The van der Waals surface area contributed by atoms with E-state index in [1.165, 1.54) is 4.90 Å². The molecule has 0 bridgehead atoms. The van der Waals surface area contributed by atoms with Crippen molar-refractivity contribution in [2.24, 2.45) is 0 Å². The summed E-state index contributed by atoms with van der Waals surface area (Å²) < 4.78 is 13.2. The van der Waals surface area contributed by atoms with E-state index in [2.05, 4.69) is 11.1 Å². The first-order valence-corrected chi connectivity index (χ1v) is 13.1. The molecule has 3 aromatic carbocycles. The summed E-state index contributed by atoms with van der Waals surface area (Å²) in [5.74, 6) is -0.363. The molecule has 204 valence electrons. The summed E-state index contributed by atoms with van der Waals surface area (Å²) in [6, 6.07) is 21.4. The molecule has 5 rings (SSSR count). The van der Waals surface area contributed by atoms with Crippen LogP contribution >= 0.6 is 0 Å². The van der Waals surface area contributed by atoms with E-state index in [4.69, 9.17) is 9.47 Å². The van der Waals surface area contributed by atoms with Crippen LogP contribution in [0.5, 0.6) is 11.5 Å². The zero-order valence-electron chi connectivity index (χ0n) is 22.5. The van der Waals surface area contributed by atoms with E-state index >= 15 is 0 Å². The average Bonchev–Trinajstić information content (AvgIpc) is 3.58. The van der Waals surface area contributed by atoms with Gasteiger partial charge in [-0.25, -0.2) is 4.98 Å². The molecular weight excluding hydrogens is 506 g/mol. The van der Waals surface area contributed by atoms with E-state index in [0.717, 1.165) is 11.1 Å². The number of likely N-dealkylation sites (tertiary alicyclic amines) is 1. The number of hydrogen-bond donors (Lipinski definition) is 1. The molecule has 0 radical (unpaired) electrons. The highest BCUT2D eigenvalue weighted by Gasteiger charge is 2.45. The molecular formula is C32H31N3O5. The quantitative estimate of drug-likeness (QED) is 0.168. The minimum absolute atomic E-state index is 0.0503. The van der Waals surface area contributed by atoms with Crippen LogP contribution in [0.25, 0.3) is 5.76 Å². The Morgan fingerprint density at radius 3 is 2.50 bits per heavy atom. The molecule has 1 atom stereocenters. The smallest absolute Gasteiger partial charge is 0.295 e. The molecule has 0 unspecified atom stereocenters. The fourth-order valence-electron chi connectivity index (χ4n) is 4.94. The number of ether oxygens (including phenoxy) is 2. The summed E-state index contributed by atoms with van der Waals surface area (Å²) in [6.45, 7) is 3.40. The maximum atomic E-state index is 13.3. The zero-order valence-corrected chi connectivity index (χ0v) is 22.5. The topological polar surface area (TPSA) is 93.9 Å². The van der Waals surface area contributed by atoms with Gasteiger partial charge in [0.05, 0.1) is 25.1 Å². The van der Waals surface area contributed by atoms with Gasteiger partial charge in [0.25, 0.3) is 11.7 Å². The van der Waals surface area contributed by atoms with Crippen LogP contribution in [0.15, 0.2) is 97.1 Å². The second-order valence-electron chi connectivity index (χ2n) is 9.73. The van der Waals surface area contributed by atoms with Crippen LogP contribution in [0.1, 0.15) is 34.7 Å². The van der Waals surface area contributed by atoms with Crippen molar-refractivity contribution in [3.05, 3.63) is 119 Å². The Kier molecular flexibility index (Phi) is 7.96. The van der Waals surface area contributed by atoms with E-state index in [1.807, 2.05) is 42.0 Å². The Morgan fingerprint density at radius 2 is 1.77 bits per heavy atom. The maximum Gasteiger partial charge on any atom is 0.295 e. The highest BCUT2D eigenvalue weighted by molar-refractivity contribution is 6.46. The Labute approximate surface area is 233 Å². The third-order valence-electron chi connectivity index (χ3n) is 6.94. The number of aliphatic hydroxyl groups excluding tert-OH is 1. The van der Waals surface area contributed by atoms with Gasteiger partial charge in [0.1, 0.15) is 23.9 Å². The first-order valence-electron chi connectivity index (χ1n) is 13.1. The number of hydrogen-bond acceptors (Lipinski definition) is 6. The molecule has 0 saturated carbocycles. The van der Waals surface area contributed by atoms with Gasteiger partial charge in [-0.1, -0.05) is 42.0 Å². The van der Waals surface area contributed by atoms with Crippen molar-refractivity contribution >= 4 is 17.4 Å². The molecule has 0 aliphatic carbocycles. The van der Waals surface area contributed by atoms with Gasteiger partial charge in [-0.3, -0.25) is 9.59 Å². The number of carbonyl (C=O) groups is 2. The molecule has 4 aromatic rings. The number of rotatable bonds is 10. The highest BCUT2D eigenvalue weighted by atomic mass is 16.5. The van der Waals surface area contributed by atoms with Crippen molar-refractivity contribution in [3.63, 3.8) is 0 Å². The molecule has 8 heteroatoms. The van der Waals surface area contributed by atoms with Crippen molar-refractivity contribution in [3.8, 4) is 11.5 Å². The maximum absolute atomic E-state index is 13.3. The van der Waals surface area contributed by atoms with Gasteiger partial charge in [-0.15, -0.1) is 0 Å². The van der Waals surface area contributed by atoms with Crippen LogP contribution in [-0.2, 0) is 22.7 Å². The second-order valence-corrected chi connectivity index (χ2v) is 9.73. The van der Waals surface area contributed by atoms with E-state index in [0.29, 0.717) is 48.7 Å². The number of ketones is 1.